The van der Waals surface area contributed by atoms with Crippen molar-refractivity contribution in [3.63, 3.8) is 0 Å². The summed E-state index contributed by atoms with van der Waals surface area (Å²) in [5, 5.41) is 0. The number of nitrogens with two attached hydrogens (primary N) is 2. The van der Waals surface area contributed by atoms with Crippen LogP contribution in [0.1, 0.15) is 5.56 Å². The van der Waals surface area contributed by atoms with Crippen LogP contribution >= 0.6 is 0 Å². The zero-order valence-electron chi connectivity index (χ0n) is 10.8. The van der Waals surface area contributed by atoms with Crippen LogP contribution in [0.15, 0.2) is 18.2 Å². The van der Waals surface area contributed by atoms with Crippen LogP contribution in [-0.2, 0) is 15.5 Å². The minimum absolute atomic E-state index is 0.551. The minimum atomic E-state index is -1.36. The van der Waals surface area contributed by atoms with E-state index in [-0.39, 0.29) is 0 Å². The van der Waals surface area contributed by atoms with E-state index < -0.39 is 18.1 Å². The minimum Gasteiger partial charge on any atom is -0.459 e. The van der Waals surface area contributed by atoms with Crippen molar-refractivity contribution in [2.75, 3.05) is 17.7 Å². The molecule has 0 aliphatic carbocycles. The number of benzene rings is 1. The van der Waals surface area contributed by atoms with E-state index >= 15 is 0 Å². The summed E-state index contributed by atoms with van der Waals surface area (Å²) in [4.78, 5) is 0. The van der Waals surface area contributed by atoms with Gasteiger partial charge in [0.1, 0.15) is 0 Å². The zero-order chi connectivity index (χ0) is 12.9. The highest BCUT2D eigenvalue weighted by atomic mass is 28.4. The topological polar surface area (TPSA) is 70.5 Å². The Morgan fingerprint density at radius 2 is 1.71 bits per heavy atom. The molecule has 0 amide bonds. The van der Waals surface area contributed by atoms with E-state index in [0.29, 0.717) is 18.0 Å². The highest BCUT2D eigenvalue weighted by molar-refractivity contribution is 6.73. The van der Waals surface area contributed by atoms with E-state index in [1.165, 1.54) is 0 Å². The summed E-state index contributed by atoms with van der Waals surface area (Å²) in [5.74, 6) is 0. The van der Waals surface area contributed by atoms with Gasteiger partial charge in [0.2, 0.25) is 0 Å². The van der Waals surface area contributed by atoms with Gasteiger partial charge < -0.3 is 20.3 Å². The van der Waals surface area contributed by atoms with Crippen molar-refractivity contribution in [2.45, 2.75) is 26.2 Å². The Hall–Kier alpha value is -0.826. The number of rotatable bonds is 6. The van der Waals surface area contributed by atoms with Crippen LogP contribution in [0.3, 0.4) is 0 Å². The van der Waals surface area contributed by atoms with Gasteiger partial charge in [0, 0.05) is 11.4 Å². The summed E-state index contributed by atoms with van der Waals surface area (Å²) in [6.45, 7) is 7.13. The first kappa shape index (κ1) is 14.2. The first-order valence-electron chi connectivity index (χ1n) is 5.73. The second kappa shape index (κ2) is 6.20. The molecule has 17 heavy (non-hydrogen) atoms. The predicted octanol–water partition coefficient (Wildman–Crippen LogP) is 1.26. The standard InChI is InChI=1S/C11H22N2O2Si2/c1-17(2,3)15-16-8-14-7-9-4-10(12)6-11(13)5-9/h4-6H,7-8,12-13,16H2,1-3H3. The average molecular weight is 270 g/mol. The van der Waals surface area contributed by atoms with Crippen LogP contribution < -0.4 is 11.5 Å². The summed E-state index contributed by atoms with van der Waals surface area (Å²) in [5.41, 5.74) is 13.8. The lowest BCUT2D eigenvalue weighted by Crippen LogP contribution is -2.29. The molecule has 1 aromatic carbocycles. The van der Waals surface area contributed by atoms with E-state index in [9.17, 15) is 0 Å². The number of nitrogen functional groups attached to an aromatic ring is 2. The highest BCUT2D eigenvalue weighted by Crippen LogP contribution is 2.14. The summed E-state index contributed by atoms with van der Waals surface area (Å²) < 4.78 is 11.4. The fourth-order valence-corrected chi connectivity index (χ4v) is 4.47. The molecule has 0 atom stereocenters. The van der Waals surface area contributed by atoms with Gasteiger partial charge in [0.05, 0.1) is 12.8 Å². The molecule has 6 heteroatoms. The van der Waals surface area contributed by atoms with Gasteiger partial charge in [-0.2, -0.15) is 0 Å². The third-order valence-electron chi connectivity index (χ3n) is 2.07. The van der Waals surface area contributed by atoms with Crippen LogP contribution in [0.2, 0.25) is 19.6 Å². The number of anilines is 2. The third-order valence-corrected chi connectivity index (χ3v) is 6.80. The zero-order valence-corrected chi connectivity index (χ0v) is 13.2. The molecule has 0 fully saturated rings. The second-order valence-electron chi connectivity index (χ2n) is 5.02. The molecular formula is C11H22N2O2Si2. The lowest BCUT2D eigenvalue weighted by Gasteiger charge is -2.17. The highest BCUT2D eigenvalue weighted by Gasteiger charge is 2.12. The van der Waals surface area contributed by atoms with Gasteiger partial charge in [-0.1, -0.05) is 0 Å². The normalized spacial score (nSPS) is 12.4. The lowest BCUT2D eigenvalue weighted by molar-refractivity contribution is 0.158. The number of hydrogen-bond acceptors (Lipinski definition) is 4. The van der Waals surface area contributed by atoms with Gasteiger partial charge in [0.15, 0.2) is 18.1 Å². The van der Waals surface area contributed by atoms with Crippen molar-refractivity contribution in [1.82, 2.24) is 0 Å². The lowest BCUT2D eigenvalue weighted by atomic mass is 10.2. The van der Waals surface area contributed by atoms with Crippen LogP contribution in [0, 0.1) is 0 Å². The van der Waals surface area contributed by atoms with E-state index in [2.05, 4.69) is 19.6 Å². The first-order valence-corrected chi connectivity index (χ1v) is 10.7. The van der Waals surface area contributed by atoms with Crippen LogP contribution in [-0.4, -0.2) is 24.3 Å². The maximum Gasteiger partial charge on any atom is 0.172 e. The summed E-state index contributed by atoms with van der Waals surface area (Å²) in [6, 6.07) is 5.52. The Morgan fingerprint density at radius 3 is 2.24 bits per heavy atom. The fourth-order valence-electron chi connectivity index (χ4n) is 1.43. The Balaban J connectivity index is 2.27. The Labute approximate surface area is 106 Å². The largest absolute Gasteiger partial charge is 0.459 e. The Bertz CT molecular complexity index is 347. The van der Waals surface area contributed by atoms with Crippen molar-refractivity contribution in [3.05, 3.63) is 23.8 Å². The quantitative estimate of drug-likeness (QED) is 0.464. The van der Waals surface area contributed by atoms with E-state index in [1.807, 2.05) is 12.1 Å². The molecule has 0 unspecified atom stereocenters. The smallest absolute Gasteiger partial charge is 0.172 e. The number of hydrogen-bond donors (Lipinski definition) is 2. The molecule has 4 nitrogen and oxygen atoms in total. The molecule has 0 saturated heterocycles. The van der Waals surface area contributed by atoms with Gasteiger partial charge >= 0.3 is 0 Å². The van der Waals surface area contributed by atoms with E-state index in [1.54, 1.807) is 6.07 Å². The second-order valence-corrected chi connectivity index (χ2v) is 11.2. The first-order chi connectivity index (χ1) is 7.87. The molecule has 96 valence electrons. The third kappa shape index (κ3) is 6.47. The van der Waals surface area contributed by atoms with E-state index in [4.69, 9.17) is 20.3 Å². The fraction of sp³-hybridized carbons (Fsp3) is 0.455. The van der Waals surface area contributed by atoms with Crippen molar-refractivity contribution in [2.24, 2.45) is 0 Å². The SMILES string of the molecule is C[Si](C)(C)O[SiH2]COCc1cc(N)cc(N)c1. The van der Waals surface area contributed by atoms with Gasteiger partial charge in [0.25, 0.3) is 0 Å². The Morgan fingerprint density at radius 1 is 1.12 bits per heavy atom. The molecule has 0 heterocycles. The average Bonchev–Trinajstić information content (AvgIpc) is 2.13. The monoisotopic (exact) mass is 270 g/mol. The molecule has 0 aromatic heterocycles. The maximum absolute atomic E-state index is 5.82. The molecule has 0 spiro atoms. The molecular weight excluding hydrogens is 248 g/mol. The van der Waals surface area contributed by atoms with Crippen LogP contribution in [0.25, 0.3) is 0 Å². The molecule has 0 bridgehead atoms. The van der Waals surface area contributed by atoms with Crippen molar-refractivity contribution in [1.29, 1.82) is 0 Å². The van der Waals surface area contributed by atoms with Gasteiger partial charge in [-0.3, -0.25) is 0 Å². The molecule has 0 saturated carbocycles. The van der Waals surface area contributed by atoms with E-state index in [0.717, 1.165) is 11.8 Å². The van der Waals surface area contributed by atoms with Crippen LogP contribution in [0.5, 0.6) is 0 Å². The summed E-state index contributed by atoms with van der Waals surface area (Å²) >= 11 is 0. The van der Waals surface area contributed by atoms with Crippen molar-refractivity contribution < 1.29 is 8.85 Å². The molecule has 0 aliphatic heterocycles. The maximum atomic E-state index is 5.82. The van der Waals surface area contributed by atoms with Crippen LogP contribution in [0.4, 0.5) is 11.4 Å². The molecule has 1 rings (SSSR count). The van der Waals surface area contributed by atoms with Gasteiger partial charge in [-0.25, -0.2) is 0 Å². The van der Waals surface area contributed by atoms with Gasteiger partial charge in [-0.15, -0.1) is 0 Å². The molecule has 0 radical (unpaired) electrons. The number of ether oxygens (including phenoxy) is 1. The summed E-state index contributed by atoms with van der Waals surface area (Å²) in [7, 11) is -1.91. The predicted molar refractivity (Wildman–Crippen MR) is 77.9 cm³/mol. The van der Waals surface area contributed by atoms with Crippen molar-refractivity contribution >= 4 is 29.5 Å². The summed E-state index contributed by atoms with van der Waals surface area (Å²) in [6.07, 6.45) is 0.735. The molecule has 0 aliphatic rings. The Kier molecular flexibility index (Phi) is 5.19. The molecule has 1 aromatic rings. The van der Waals surface area contributed by atoms with Gasteiger partial charge in [-0.05, 0) is 43.4 Å². The molecule has 4 N–H and O–H groups in total. The van der Waals surface area contributed by atoms with Crippen molar-refractivity contribution in [3.8, 4) is 0 Å².